The number of phenolic OH excluding ortho intramolecular Hbond substituents is 1. The molecule has 158 valence electrons. The minimum atomic E-state index is -0.528. The van der Waals surface area contributed by atoms with E-state index in [0.717, 1.165) is 36.8 Å². The van der Waals surface area contributed by atoms with E-state index in [1.54, 1.807) is 12.1 Å². The van der Waals surface area contributed by atoms with E-state index >= 15 is 0 Å². The number of hydrogen-bond acceptors (Lipinski definition) is 5. The number of aromatic hydroxyl groups is 1. The minimum Gasteiger partial charge on any atom is -0.508 e. The average molecular weight is 410 g/mol. The molecule has 7 heteroatoms. The van der Waals surface area contributed by atoms with Crippen LogP contribution in [0.3, 0.4) is 0 Å². The van der Waals surface area contributed by atoms with Crippen LogP contribution in [-0.4, -0.2) is 52.4 Å². The lowest BCUT2D eigenvalue weighted by atomic mass is 9.76. The van der Waals surface area contributed by atoms with Crippen LogP contribution in [0.5, 0.6) is 5.75 Å². The normalized spacial score (nSPS) is 26.0. The third-order valence-electron chi connectivity index (χ3n) is 7.13. The number of hydrogen-bond donors (Lipinski definition) is 1. The molecule has 7 nitrogen and oxygen atoms in total. The van der Waals surface area contributed by atoms with Crippen molar-refractivity contribution in [3.63, 3.8) is 0 Å². The molecule has 2 bridgehead atoms. The molecule has 2 amide bonds. The van der Waals surface area contributed by atoms with Crippen LogP contribution < -0.4 is 5.63 Å². The Morgan fingerprint density at radius 3 is 2.90 bits per heavy atom. The van der Waals surface area contributed by atoms with Crippen LogP contribution >= 0.6 is 0 Å². The summed E-state index contributed by atoms with van der Waals surface area (Å²) in [7, 11) is 0. The number of piperidine rings is 3. The number of rotatable bonds is 2. The molecule has 0 radical (unpaired) electrons. The summed E-state index contributed by atoms with van der Waals surface area (Å²) in [5, 5.41) is 10.4. The molecule has 4 heterocycles. The fourth-order valence-electron chi connectivity index (χ4n) is 5.66. The van der Waals surface area contributed by atoms with Crippen LogP contribution in [0.25, 0.3) is 11.0 Å². The highest BCUT2D eigenvalue weighted by Gasteiger charge is 2.44. The highest BCUT2D eigenvalue weighted by atomic mass is 16.4. The topological polar surface area (TPSA) is 91.1 Å². The molecule has 3 saturated heterocycles. The number of fused-ring (bicyclic) bond motifs is 5. The first-order valence-electron chi connectivity index (χ1n) is 10.7. The maximum absolute atomic E-state index is 13.1. The maximum atomic E-state index is 13.1. The number of nitrogens with zero attached hydrogens (tertiary/aromatic N) is 2. The summed E-state index contributed by atoms with van der Waals surface area (Å²) in [6, 6.07) is 4.91. The first kappa shape index (κ1) is 19.2. The summed E-state index contributed by atoms with van der Waals surface area (Å²) in [6.07, 6.45) is 3.68. The zero-order chi connectivity index (χ0) is 21.0. The zero-order valence-electron chi connectivity index (χ0n) is 17.1. The lowest BCUT2D eigenvalue weighted by Gasteiger charge is -2.52. The molecule has 5 rings (SSSR count). The Morgan fingerprint density at radius 1 is 1.23 bits per heavy atom. The van der Waals surface area contributed by atoms with Crippen molar-refractivity contribution in [1.29, 1.82) is 0 Å². The van der Waals surface area contributed by atoms with Gasteiger partial charge in [-0.05, 0) is 55.7 Å². The van der Waals surface area contributed by atoms with Crippen molar-refractivity contribution < 1.29 is 19.1 Å². The molecule has 3 aliphatic heterocycles. The van der Waals surface area contributed by atoms with Gasteiger partial charge in [0.25, 0.3) is 0 Å². The number of benzene rings is 1. The largest absolute Gasteiger partial charge is 0.508 e. The molecule has 1 aromatic heterocycles. The number of amides is 2. The molecular weight excluding hydrogens is 384 g/mol. The Labute approximate surface area is 174 Å². The van der Waals surface area contributed by atoms with E-state index in [1.807, 2.05) is 11.8 Å². The maximum Gasteiger partial charge on any atom is 0.340 e. The summed E-state index contributed by atoms with van der Waals surface area (Å²) in [5.41, 5.74) is 0.891. The van der Waals surface area contributed by atoms with Crippen molar-refractivity contribution in [3.05, 3.63) is 39.7 Å². The standard InChI is InChI=1S/C23H26N2O5/c1-13-17-6-5-16(26)8-20(17)30-23(29)18(13)9-22(28)24-10-14-7-15(12-24)19-3-2-4-21(27)25(19)11-14/h5-6,8,14-15,19,26H,2-4,7,9-12H2,1H3/t14-,15+,19-/m1/s1. The Balaban J connectivity index is 1.37. The third kappa shape index (κ3) is 3.16. The minimum absolute atomic E-state index is 0.0116. The summed E-state index contributed by atoms with van der Waals surface area (Å²) in [5.74, 6) is 0.861. The van der Waals surface area contributed by atoms with Gasteiger partial charge < -0.3 is 19.3 Å². The van der Waals surface area contributed by atoms with Crippen molar-refractivity contribution in [2.75, 3.05) is 19.6 Å². The van der Waals surface area contributed by atoms with E-state index < -0.39 is 5.63 Å². The van der Waals surface area contributed by atoms with Crippen molar-refractivity contribution in [1.82, 2.24) is 9.80 Å². The molecule has 3 fully saturated rings. The van der Waals surface area contributed by atoms with Crippen LogP contribution in [0.2, 0.25) is 0 Å². The Bertz CT molecular complexity index is 1090. The van der Waals surface area contributed by atoms with Crippen LogP contribution in [0, 0.1) is 18.8 Å². The molecule has 0 aliphatic carbocycles. The van der Waals surface area contributed by atoms with Crippen molar-refractivity contribution in [2.24, 2.45) is 11.8 Å². The first-order chi connectivity index (χ1) is 14.4. The first-order valence-corrected chi connectivity index (χ1v) is 10.7. The molecule has 0 unspecified atom stereocenters. The predicted octanol–water partition coefficient (Wildman–Crippen LogP) is 2.21. The predicted molar refractivity (Wildman–Crippen MR) is 110 cm³/mol. The van der Waals surface area contributed by atoms with Crippen molar-refractivity contribution >= 4 is 22.8 Å². The van der Waals surface area contributed by atoms with Gasteiger partial charge >= 0.3 is 5.63 Å². The van der Waals surface area contributed by atoms with E-state index in [1.165, 1.54) is 6.07 Å². The quantitative estimate of drug-likeness (QED) is 0.767. The second-order valence-electron chi connectivity index (χ2n) is 9.02. The molecule has 3 atom stereocenters. The van der Waals surface area contributed by atoms with Crippen LogP contribution in [0.15, 0.2) is 27.4 Å². The molecule has 0 spiro atoms. The summed E-state index contributed by atoms with van der Waals surface area (Å²) in [6.45, 7) is 3.84. The summed E-state index contributed by atoms with van der Waals surface area (Å²) in [4.78, 5) is 41.9. The van der Waals surface area contributed by atoms with Gasteiger partial charge in [0.2, 0.25) is 11.8 Å². The Morgan fingerprint density at radius 2 is 2.07 bits per heavy atom. The third-order valence-corrected chi connectivity index (χ3v) is 7.13. The fourth-order valence-corrected chi connectivity index (χ4v) is 5.66. The second kappa shape index (κ2) is 7.15. The molecule has 1 aromatic carbocycles. The van der Waals surface area contributed by atoms with Gasteiger partial charge in [0.15, 0.2) is 0 Å². The number of carbonyl (C=O) groups excluding carboxylic acids is 2. The van der Waals surface area contributed by atoms with E-state index in [0.29, 0.717) is 42.5 Å². The van der Waals surface area contributed by atoms with Gasteiger partial charge in [-0.2, -0.15) is 0 Å². The van der Waals surface area contributed by atoms with Gasteiger partial charge in [-0.15, -0.1) is 0 Å². The number of phenols is 1. The molecule has 0 saturated carbocycles. The molecular formula is C23H26N2O5. The van der Waals surface area contributed by atoms with Crippen LogP contribution in [0.1, 0.15) is 36.8 Å². The highest BCUT2D eigenvalue weighted by Crippen LogP contribution is 2.38. The number of likely N-dealkylation sites (tertiary alicyclic amines) is 1. The van der Waals surface area contributed by atoms with E-state index in [2.05, 4.69) is 4.90 Å². The van der Waals surface area contributed by atoms with E-state index in [-0.39, 0.29) is 30.0 Å². The van der Waals surface area contributed by atoms with Gasteiger partial charge in [-0.3, -0.25) is 9.59 Å². The fraction of sp³-hybridized carbons (Fsp3) is 0.522. The monoisotopic (exact) mass is 410 g/mol. The lowest BCUT2D eigenvalue weighted by Crippen LogP contribution is -2.61. The van der Waals surface area contributed by atoms with Crippen molar-refractivity contribution in [2.45, 2.75) is 45.1 Å². The smallest absolute Gasteiger partial charge is 0.340 e. The molecule has 30 heavy (non-hydrogen) atoms. The highest BCUT2D eigenvalue weighted by molar-refractivity contribution is 5.85. The van der Waals surface area contributed by atoms with E-state index in [4.69, 9.17) is 4.42 Å². The average Bonchev–Trinajstić information content (AvgIpc) is 2.71. The molecule has 2 aromatic rings. The number of aryl methyl sites for hydroxylation is 1. The van der Waals surface area contributed by atoms with Gasteiger partial charge in [-0.25, -0.2) is 4.79 Å². The van der Waals surface area contributed by atoms with Crippen LogP contribution in [0.4, 0.5) is 0 Å². The summed E-state index contributed by atoms with van der Waals surface area (Å²) >= 11 is 0. The Hall–Kier alpha value is -2.83. The lowest BCUT2D eigenvalue weighted by molar-refractivity contribution is -0.148. The molecule has 3 aliphatic rings. The Kier molecular flexibility index (Phi) is 4.56. The molecule has 1 N–H and O–H groups in total. The zero-order valence-corrected chi connectivity index (χ0v) is 17.1. The van der Waals surface area contributed by atoms with Gasteiger partial charge in [-0.1, -0.05) is 0 Å². The van der Waals surface area contributed by atoms with Crippen molar-refractivity contribution in [3.8, 4) is 5.75 Å². The second-order valence-corrected chi connectivity index (χ2v) is 9.02. The van der Waals surface area contributed by atoms with E-state index in [9.17, 15) is 19.5 Å². The van der Waals surface area contributed by atoms with Gasteiger partial charge in [0.05, 0.1) is 12.0 Å². The van der Waals surface area contributed by atoms with Crippen LogP contribution in [-0.2, 0) is 16.0 Å². The summed E-state index contributed by atoms with van der Waals surface area (Å²) < 4.78 is 5.37. The SMILES string of the molecule is Cc1c(CC(=O)N2C[C@H]3C[C@@H](C2)[C@H]2CCCC(=O)N2C3)c(=O)oc2cc(O)ccc12. The number of carbonyl (C=O) groups is 2. The van der Waals surface area contributed by atoms with Gasteiger partial charge in [0, 0.05) is 43.5 Å². The van der Waals surface area contributed by atoms with Gasteiger partial charge in [0.1, 0.15) is 11.3 Å².